The van der Waals surface area contributed by atoms with Crippen LogP contribution in [0.5, 0.6) is 0 Å². The molecule has 1 heteroatoms. The Morgan fingerprint density at radius 1 is 1.11 bits per heavy atom. The van der Waals surface area contributed by atoms with Gasteiger partial charge in [0.1, 0.15) is 0 Å². The van der Waals surface area contributed by atoms with E-state index in [9.17, 15) is 0 Å². The van der Waals surface area contributed by atoms with Gasteiger partial charge in [-0.25, -0.2) is 0 Å². The Morgan fingerprint density at radius 3 is 2.00 bits per heavy atom. The summed E-state index contributed by atoms with van der Waals surface area (Å²) in [4.78, 5) is 0. The van der Waals surface area contributed by atoms with E-state index in [1.54, 1.807) is 31.7 Å². The van der Waals surface area contributed by atoms with E-state index in [4.69, 9.17) is 0 Å². The number of hydrogen-bond donors (Lipinski definition) is 0. The summed E-state index contributed by atoms with van der Waals surface area (Å²) in [5, 5.41) is 0. The van der Waals surface area contributed by atoms with E-state index in [0.29, 0.717) is 0 Å². The van der Waals surface area contributed by atoms with Crippen LogP contribution in [0.15, 0.2) is 0 Å². The molecule has 0 amide bonds. The van der Waals surface area contributed by atoms with E-state index >= 15 is 0 Å². The SMILES string of the molecule is C[Si+]1CC2CCC1CC2. The molecule has 50 valence electrons. The lowest BCUT2D eigenvalue weighted by atomic mass is 9.89. The maximum absolute atomic E-state index is 2.54. The normalized spacial score (nSPS) is 41.7. The second-order valence-electron chi connectivity index (χ2n) is 3.77. The Bertz CT molecular complexity index is 103. The smallest absolute Gasteiger partial charge is 0.0451 e. The molecule has 1 aliphatic carbocycles. The predicted octanol–water partition coefficient (Wildman–Crippen LogP) is 2.69. The third-order valence-electron chi connectivity index (χ3n) is 3.15. The largest absolute Gasteiger partial charge is 0.314 e. The van der Waals surface area contributed by atoms with Crippen LogP contribution >= 0.6 is 0 Å². The van der Waals surface area contributed by atoms with E-state index in [1.165, 1.54) is 11.5 Å². The van der Waals surface area contributed by atoms with Crippen LogP contribution in [0.4, 0.5) is 0 Å². The van der Waals surface area contributed by atoms with E-state index in [2.05, 4.69) is 6.55 Å². The zero-order valence-electron chi connectivity index (χ0n) is 6.19. The molecule has 3 aliphatic rings. The molecule has 1 saturated carbocycles. The Morgan fingerprint density at radius 2 is 1.78 bits per heavy atom. The van der Waals surface area contributed by atoms with Crippen LogP contribution in [0.3, 0.4) is 0 Å². The highest BCUT2D eigenvalue weighted by atomic mass is 28.3. The predicted molar refractivity (Wildman–Crippen MR) is 42.1 cm³/mol. The van der Waals surface area contributed by atoms with Crippen molar-refractivity contribution in [3.8, 4) is 0 Å². The van der Waals surface area contributed by atoms with Gasteiger partial charge in [0.2, 0.25) is 0 Å². The molecular weight excluding hydrogens is 124 g/mol. The maximum atomic E-state index is 2.54. The quantitative estimate of drug-likeness (QED) is 0.453. The van der Waals surface area contributed by atoms with Crippen LogP contribution in [0, 0.1) is 5.92 Å². The molecule has 2 aliphatic heterocycles. The topological polar surface area (TPSA) is 0 Å². The molecule has 2 saturated heterocycles. The van der Waals surface area contributed by atoms with Crippen molar-refractivity contribution in [3.63, 3.8) is 0 Å². The first kappa shape index (κ1) is 5.96. The number of rotatable bonds is 0. The molecule has 0 N–H and O–H groups in total. The standard InChI is InChI=1S/C8H15Si/c1-9-6-7-2-4-8(9)5-3-7/h7-8H,2-6H2,1H3/q+1. The summed E-state index contributed by atoms with van der Waals surface area (Å²) in [5.41, 5.74) is 1.22. The summed E-state index contributed by atoms with van der Waals surface area (Å²) in [6.07, 6.45) is 6.34. The molecule has 9 heavy (non-hydrogen) atoms. The molecule has 2 heterocycles. The first-order valence-corrected chi connectivity index (χ1v) is 6.47. The lowest BCUT2D eigenvalue weighted by Gasteiger charge is -2.31. The summed E-state index contributed by atoms with van der Waals surface area (Å²) in [6.45, 7) is 2.54. The Kier molecular flexibility index (Phi) is 1.40. The van der Waals surface area contributed by atoms with Crippen LogP contribution in [-0.4, -0.2) is 8.80 Å². The van der Waals surface area contributed by atoms with Crippen molar-refractivity contribution in [2.24, 2.45) is 5.92 Å². The van der Waals surface area contributed by atoms with Crippen molar-refractivity contribution in [1.29, 1.82) is 0 Å². The molecule has 0 atom stereocenters. The van der Waals surface area contributed by atoms with Crippen molar-refractivity contribution in [1.82, 2.24) is 0 Å². The molecule has 3 fully saturated rings. The summed E-state index contributed by atoms with van der Waals surface area (Å²) in [7, 11) is 0.167. The van der Waals surface area contributed by atoms with Crippen molar-refractivity contribution in [2.45, 2.75) is 43.8 Å². The van der Waals surface area contributed by atoms with Gasteiger partial charge >= 0.3 is 8.80 Å². The van der Waals surface area contributed by atoms with Gasteiger partial charge in [-0.3, -0.25) is 0 Å². The van der Waals surface area contributed by atoms with Gasteiger partial charge in [-0.15, -0.1) is 0 Å². The molecule has 0 spiro atoms. The number of fused-ring (bicyclic) bond motifs is 3. The van der Waals surface area contributed by atoms with Crippen LogP contribution in [0.2, 0.25) is 18.1 Å². The van der Waals surface area contributed by atoms with Crippen LogP contribution in [-0.2, 0) is 0 Å². The Labute approximate surface area is 59.3 Å². The summed E-state index contributed by atoms with van der Waals surface area (Å²) in [5.74, 6) is 1.17. The summed E-state index contributed by atoms with van der Waals surface area (Å²) < 4.78 is 0. The molecule has 0 aromatic carbocycles. The average Bonchev–Trinajstić information content (AvgIpc) is 1.90. The first-order chi connectivity index (χ1) is 4.36. The van der Waals surface area contributed by atoms with Gasteiger partial charge in [0.25, 0.3) is 0 Å². The van der Waals surface area contributed by atoms with Crippen molar-refractivity contribution in [2.75, 3.05) is 0 Å². The van der Waals surface area contributed by atoms with Gasteiger partial charge in [0, 0.05) is 0 Å². The summed E-state index contributed by atoms with van der Waals surface area (Å²) >= 11 is 0. The molecule has 3 rings (SSSR count). The fraction of sp³-hybridized carbons (Fsp3) is 1.00. The van der Waals surface area contributed by atoms with Crippen molar-refractivity contribution in [3.05, 3.63) is 0 Å². The van der Waals surface area contributed by atoms with Crippen LogP contribution in [0.25, 0.3) is 0 Å². The van der Waals surface area contributed by atoms with Crippen molar-refractivity contribution < 1.29 is 0 Å². The molecule has 0 aromatic heterocycles. The zero-order valence-corrected chi connectivity index (χ0v) is 7.19. The minimum atomic E-state index is 0.167. The zero-order chi connectivity index (χ0) is 6.27. The van der Waals surface area contributed by atoms with Crippen LogP contribution in [0.1, 0.15) is 25.7 Å². The third-order valence-corrected chi connectivity index (χ3v) is 6.35. The Hall–Kier alpha value is 0.217. The van der Waals surface area contributed by atoms with Gasteiger partial charge in [0.05, 0.1) is 18.1 Å². The molecule has 0 unspecified atom stereocenters. The second kappa shape index (κ2) is 2.12. The van der Waals surface area contributed by atoms with Gasteiger partial charge < -0.3 is 0 Å². The number of hydrogen-bond acceptors (Lipinski definition) is 0. The molecule has 0 radical (unpaired) electrons. The highest BCUT2D eigenvalue weighted by Crippen LogP contribution is 2.44. The molecule has 0 nitrogen and oxygen atoms in total. The summed E-state index contributed by atoms with van der Waals surface area (Å²) in [6, 6.07) is 1.65. The van der Waals surface area contributed by atoms with E-state index < -0.39 is 0 Å². The minimum Gasteiger partial charge on any atom is -0.0451 e. The average molecular weight is 139 g/mol. The first-order valence-electron chi connectivity index (χ1n) is 4.18. The van der Waals surface area contributed by atoms with Crippen LogP contribution < -0.4 is 0 Å². The highest BCUT2D eigenvalue weighted by Gasteiger charge is 2.43. The monoisotopic (exact) mass is 139 g/mol. The van der Waals surface area contributed by atoms with Gasteiger partial charge in [-0.1, -0.05) is 0 Å². The van der Waals surface area contributed by atoms with E-state index in [1.807, 2.05) is 0 Å². The lowest BCUT2D eigenvalue weighted by Crippen LogP contribution is -2.31. The van der Waals surface area contributed by atoms with Gasteiger partial charge in [0.15, 0.2) is 0 Å². The van der Waals surface area contributed by atoms with Crippen molar-refractivity contribution >= 4 is 8.80 Å². The molecule has 0 aromatic rings. The Balaban J connectivity index is 2.06. The van der Waals surface area contributed by atoms with Gasteiger partial charge in [-0.2, -0.15) is 0 Å². The minimum absolute atomic E-state index is 0.167. The molecular formula is C8H15Si+. The fourth-order valence-corrected chi connectivity index (χ4v) is 5.45. The highest BCUT2D eigenvalue weighted by molar-refractivity contribution is 6.59. The van der Waals surface area contributed by atoms with E-state index in [0.717, 1.165) is 0 Å². The van der Waals surface area contributed by atoms with E-state index in [-0.39, 0.29) is 8.80 Å². The maximum Gasteiger partial charge on any atom is 0.314 e. The second-order valence-corrected chi connectivity index (χ2v) is 6.69. The lowest BCUT2D eigenvalue weighted by molar-refractivity contribution is 0.349. The fourth-order valence-electron chi connectivity index (χ4n) is 2.48. The third kappa shape index (κ3) is 0.957. The van der Waals surface area contributed by atoms with Gasteiger partial charge in [-0.05, 0) is 31.6 Å². The molecule has 2 bridgehead atoms.